The van der Waals surface area contributed by atoms with Crippen LogP contribution in [-0.2, 0) is 16.8 Å². The minimum Gasteiger partial charge on any atom is -0.367 e. The van der Waals surface area contributed by atoms with Gasteiger partial charge in [-0.25, -0.2) is 0 Å². The Kier molecular flexibility index (Phi) is 3.62. The molecule has 0 amide bonds. The molecule has 0 saturated carbocycles. The van der Waals surface area contributed by atoms with E-state index in [9.17, 15) is 10.1 Å². The van der Waals surface area contributed by atoms with E-state index in [-0.39, 0.29) is 16.2 Å². The largest absolute Gasteiger partial charge is 0.367 e. The second-order valence-electron chi connectivity index (χ2n) is 7.20. The molecule has 1 atom stereocenters. The van der Waals surface area contributed by atoms with E-state index < -0.39 is 0 Å². The van der Waals surface area contributed by atoms with Gasteiger partial charge in [-0.1, -0.05) is 24.3 Å². The zero-order valence-electron chi connectivity index (χ0n) is 14.8. The quantitative estimate of drug-likeness (QED) is 0.513. The van der Waals surface area contributed by atoms with Crippen molar-refractivity contribution in [3.8, 4) is 0 Å². The number of nitrogens with zero attached hydrogens (tertiary/aromatic N) is 3. The standard InChI is InChI=1S/C21H19N3O3/c25-24(26)20-6-5-19(16-8-10-22-13-17(16)20)23-11-12-27-21(14-23)9-7-15-3-1-2-4-18(15)21/h1-6,8,10,13H,7,9,11-12,14H2. The van der Waals surface area contributed by atoms with Crippen molar-refractivity contribution < 1.29 is 9.66 Å². The van der Waals surface area contributed by atoms with Gasteiger partial charge >= 0.3 is 0 Å². The van der Waals surface area contributed by atoms with Gasteiger partial charge < -0.3 is 9.64 Å². The predicted octanol–water partition coefficient (Wildman–Crippen LogP) is 3.82. The van der Waals surface area contributed by atoms with E-state index in [1.165, 1.54) is 11.1 Å². The minimum absolute atomic E-state index is 0.0936. The zero-order chi connectivity index (χ0) is 18.4. The molecule has 1 fully saturated rings. The Balaban J connectivity index is 1.58. The fourth-order valence-corrected chi connectivity index (χ4v) is 4.55. The molecular formula is C21H19N3O3. The molecular weight excluding hydrogens is 342 g/mol. The van der Waals surface area contributed by atoms with E-state index in [0.717, 1.165) is 37.0 Å². The van der Waals surface area contributed by atoms with Gasteiger partial charge in [0.2, 0.25) is 0 Å². The number of nitro groups is 1. The molecule has 1 spiro atoms. The Morgan fingerprint density at radius 2 is 2.04 bits per heavy atom. The van der Waals surface area contributed by atoms with Crippen molar-refractivity contribution in [1.82, 2.24) is 4.98 Å². The van der Waals surface area contributed by atoms with Crippen molar-refractivity contribution in [3.05, 3.63) is 76.1 Å². The molecule has 0 bridgehead atoms. The van der Waals surface area contributed by atoms with Crippen LogP contribution in [-0.4, -0.2) is 29.6 Å². The number of rotatable bonds is 2. The zero-order valence-corrected chi connectivity index (χ0v) is 14.8. The lowest BCUT2D eigenvalue weighted by Crippen LogP contribution is -2.49. The van der Waals surface area contributed by atoms with Gasteiger partial charge in [-0.3, -0.25) is 15.1 Å². The number of morpholine rings is 1. The molecule has 2 aromatic carbocycles. The van der Waals surface area contributed by atoms with E-state index in [0.29, 0.717) is 12.0 Å². The first-order valence-corrected chi connectivity index (χ1v) is 9.16. The van der Waals surface area contributed by atoms with Crippen LogP contribution in [0, 0.1) is 10.1 Å². The van der Waals surface area contributed by atoms with Crippen LogP contribution in [0.15, 0.2) is 54.9 Å². The van der Waals surface area contributed by atoms with Crippen LogP contribution in [0.5, 0.6) is 0 Å². The highest BCUT2D eigenvalue weighted by molar-refractivity contribution is 5.99. The number of non-ortho nitro benzene ring substituents is 1. The summed E-state index contributed by atoms with van der Waals surface area (Å²) in [6, 6.07) is 13.8. The van der Waals surface area contributed by atoms with Gasteiger partial charge in [-0.05, 0) is 36.1 Å². The van der Waals surface area contributed by atoms with Crippen molar-refractivity contribution in [2.24, 2.45) is 0 Å². The minimum atomic E-state index is -0.345. The molecule has 2 aliphatic rings. The molecule has 6 heteroatoms. The molecule has 27 heavy (non-hydrogen) atoms. The number of aryl methyl sites for hydroxylation is 1. The Labute approximate surface area is 156 Å². The second-order valence-corrected chi connectivity index (χ2v) is 7.20. The summed E-state index contributed by atoms with van der Waals surface area (Å²) < 4.78 is 6.32. The highest BCUT2D eigenvalue weighted by atomic mass is 16.6. The summed E-state index contributed by atoms with van der Waals surface area (Å²) >= 11 is 0. The van der Waals surface area contributed by atoms with E-state index in [4.69, 9.17) is 4.74 Å². The number of fused-ring (bicyclic) bond motifs is 3. The first kappa shape index (κ1) is 16.2. The lowest BCUT2D eigenvalue weighted by atomic mass is 9.93. The van der Waals surface area contributed by atoms with E-state index in [2.05, 4.69) is 34.1 Å². The molecule has 5 rings (SSSR count). The topological polar surface area (TPSA) is 68.5 Å². The maximum atomic E-state index is 11.4. The molecule has 1 aromatic heterocycles. The van der Waals surface area contributed by atoms with Crippen LogP contribution in [0.2, 0.25) is 0 Å². The van der Waals surface area contributed by atoms with Gasteiger partial charge in [0.1, 0.15) is 5.60 Å². The Morgan fingerprint density at radius 3 is 2.93 bits per heavy atom. The average Bonchev–Trinajstić information content (AvgIpc) is 3.05. The van der Waals surface area contributed by atoms with E-state index in [1.807, 2.05) is 12.1 Å². The van der Waals surface area contributed by atoms with Gasteiger partial charge in [0.05, 0.1) is 23.5 Å². The van der Waals surface area contributed by atoms with Crippen molar-refractivity contribution >= 4 is 22.1 Å². The normalized spacial score (nSPS) is 21.6. The van der Waals surface area contributed by atoms with Crippen molar-refractivity contribution in [1.29, 1.82) is 0 Å². The van der Waals surface area contributed by atoms with Crippen LogP contribution in [0.4, 0.5) is 11.4 Å². The fourth-order valence-electron chi connectivity index (χ4n) is 4.55. The summed E-state index contributed by atoms with van der Waals surface area (Å²) in [7, 11) is 0. The lowest BCUT2D eigenvalue weighted by Gasteiger charge is -2.42. The SMILES string of the molecule is O=[N+]([O-])c1ccc(N2CCOC3(CCc4ccccc43)C2)c2ccncc12. The molecule has 3 aromatic rings. The number of hydrogen-bond acceptors (Lipinski definition) is 5. The summed E-state index contributed by atoms with van der Waals surface area (Å²) in [4.78, 5) is 17.4. The summed E-state index contributed by atoms with van der Waals surface area (Å²) in [5, 5.41) is 12.8. The van der Waals surface area contributed by atoms with Crippen LogP contribution in [0.25, 0.3) is 10.8 Å². The molecule has 1 unspecified atom stereocenters. The first-order valence-electron chi connectivity index (χ1n) is 9.16. The smallest absolute Gasteiger partial charge is 0.278 e. The summed E-state index contributed by atoms with van der Waals surface area (Å²) in [5.41, 5.74) is 3.44. The lowest BCUT2D eigenvalue weighted by molar-refractivity contribution is -0.383. The molecule has 0 N–H and O–H groups in total. The van der Waals surface area contributed by atoms with Crippen molar-refractivity contribution in [2.45, 2.75) is 18.4 Å². The van der Waals surface area contributed by atoms with Crippen molar-refractivity contribution in [2.75, 3.05) is 24.6 Å². The third-order valence-electron chi connectivity index (χ3n) is 5.80. The van der Waals surface area contributed by atoms with Gasteiger partial charge in [0, 0.05) is 36.1 Å². The maximum absolute atomic E-state index is 11.4. The monoisotopic (exact) mass is 361 g/mol. The third kappa shape index (κ3) is 2.48. The number of ether oxygens (including phenoxy) is 1. The molecule has 1 aliphatic carbocycles. The number of aromatic nitrogens is 1. The maximum Gasteiger partial charge on any atom is 0.278 e. The number of benzene rings is 2. The summed E-state index contributed by atoms with van der Waals surface area (Å²) in [5.74, 6) is 0. The molecule has 1 aliphatic heterocycles. The van der Waals surface area contributed by atoms with Crippen LogP contribution >= 0.6 is 0 Å². The second kappa shape index (κ2) is 6.03. The van der Waals surface area contributed by atoms with E-state index >= 15 is 0 Å². The molecule has 1 saturated heterocycles. The van der Waals surface area contributed by atoms with Gasteiger partial charge in [-0.15, -0.1) is 0 Å². The Hall–Kier alpha value is -2.99. The summed E-state index contributed by atoms with van der Waals surface area (Å²) in [6.45, 7) is 2.15. The van der Waals surface area contributed by atoms with Gasteiger partial charge in [0.25, 0.3) is 5.69 Å². The number of anilines is 1. The predicted molar refractivity (Wildman–Crippen MR) is 103 cm³/mol. The third-order valence-corrected chi connectivity index (χ3v) is 5.80. The Bertz CT molecular complexity index is 1050. The summed E-state index contributed by atoms with van der Waals surface area (Å²) in [6.07, 6.45) is 5.26. The Morgan fingerprint density at radius 1 is 1.15 bits per heavy atom. The van der Waals surface area contributed by atoms with Crippen LogP contribution < -0.4 is 4.90 Å². The molecule has 2 heterocycles. The van der Waals surface area contributed by atoms with E-state index in [1.54, 1.807) is 18.5 Å². The van der Waals surface area contributed by atoms with Gasteiger partial charge in [0.15, 0.2) is 0 Å². The number of hydrogen-bond donors (Lipinski definition) is 0. The van der Waals surface area contributed by atoms with Crippen LogP contribution in [0.1, 0.15) is 17.5 Å². The molecule has 0 radical (unpaired) electrons. The molecule has 6 nitrogen and oxygen atoms in total. The fraction of sp³-hybridized carbons (Fsp3) is 0.286. The highest BCUT2D eigenvalue weighted by Crippen LogP contribution is 2.44. The average molecular weight is 361 g/mol. The number of pyridine rings is 1. The first-order chi connectivity index (χ1) is 13.2. The van der Waals surface area contributed by atoms with Crippen molar-refractivity contribution in [3.63, 3.8) is 0 Å². The number of nitro benzene ring substituents is 1. The molecule has 136 valence electrons. The van der Waals surface area contributed by atoms with Gasteiger partial charge in [-0.2, -0.15) is 0 Å². The highest BCUT2D eigenvalue weighted by Gasteiger charge is 2.43. The van der Waals surface area contributed by atoms with Crippen LogP contribution in [0.3, 0.4) is 0 Å².